The molecule has 0 spiro atoms. The van der Waals surface area contributed by atoms with E-state index in [0.717, 1.165) is 0 Å². The highest BCUT2D eigenvalue weighted by Gasteiger charge is 2.27. The van der Waals surface area contributed by atoms with E-state index in [1.807, 2.05) is 0 Å². The molecule has 1 aromatic rings. The van der Waals surface area contributed by atoms with Crippen LogP contribution in [0.2, 0.25) is 0 Å². The summed E-state index contributed by atoms with van der Waals surface area (Å²) in [7, 11) is 2.46. The number of H-pyrrole nitrogens is 1. The summed E-state index contributed by atoms with van der Waals surface area (Å²) >= 11 is 0. The van der Waals surface area contributed by atoms with Gasteiger partial charge in [-0.25, -0.2) is 9.79 Å². The predicted octanol–water partition coefficient (Wildman–Crippen LogP) is 1.75. The quantitative estimate of drug-likeness (QED) is 0.268. The van der Waals surface area contributed by atoms with Crippen molar-refractivity contribution in [3.8, 4) is 0 Å². The number of hydrogen-bond acceptors (Lipinski definition) is 9. The van der Waals surface area contributed by atoms with Crippen molar-refractivity contribution < 1.29 is 33.8 Å². The predicted molar refractivity (Wildman–Crippen MR) is 128 cm³/mol. The Morgan fingerprint density at radius 3 is 2.51 bits per heavy atom. The Kier molecular flexibility index (Phi) is 9.81. The molecule has 1 aliphatic heterocycles. The van der Waals surface area contributed by atoms with Crippen LogP contribution in [0.25, 0.3) is 0 Å². The molecule has 35 heavy (non-hydrogen) atoms. The molecule has 2 heterocycles. The number of aliphatic hydroxyl groups excluding tert-OH is 1. The molecular weight excluding hydrogens is 458 g/mol. The van der Waals surface area contributed by atoms with E-state index in [1.54, 1.807) is 31.7 Å². The van der Waals surface area contributed by atoms with Crippen LogP contribution in [0.3, 0.4) is 0 Å². The number of aliphatic hydroxyl groups is 1. The molecule has 1 aromatic heterocycles. The van der Waals surface area contributed by atoms with E-state index in [0.29, 0.717) is 36.6 Å². The molecule has 0 radical (unpaired) electrons. The van der Waals surface area contributed by atoms with E-state index >= 15 is 0 Å². The molecule has 0 saturated carbocycles. The first-order valence-electron chi connectivity index (χ1n) is 11.4. The third kappa shape index (κ3) is 8.09. The molecule has 2 rings (SSSR count). The number of anilines is 1. The number of unbranched alkanes of at least 4 members (excludes halogenated alkanes) is 1. The summed E-state index contributed by atoms with van der Waals surface area (Å²) in [6.45, 7) is 5.85. The highest BCUT2D eigenvalue weighted by Crippen LogP contribution is 2.34. The second kappa shape index (κ2) is 12.3. The fourth-order valence-electron chi connectivity index (χ4n) is 3.30. The Labute approximate surface area is 204 Å². The fraction of sp³-hybridized carbons (Fsp3) is 0.609. The second-order valence-electron chi connectivity index (χ2n) is 9.26. The molecule has 1 unspecified atom stereocenters. The van der Waals surface area contributed by atoms with Crippen LogP contribution >= 0.6 is 0 Å². The van der Waals surface area contributed by atoms with Gasteiger partial charge in [-0.1, -0.05) is 20.8 Å². The van der Waals surface area contributed by atoms with Gasteiger partial charge in [0.15, 0.2) is 6.23 Å². The van der Waals surface area contributed by atoms with Crippen molar-refractivity contribution in [3.05, 3.63) is 11.6 Å². The van der Waals surface area contributed by atoms with E-state index in [2.05, 4.69) is 30.1 Å². The number of ether oxygens (including phenoxy) is 2. The summed E-state index contributed by atoms with van der Waals surface area (Å²) in [4.78, 5) is 56.6. The third-order valence-corrected chi connectivity index (χ3v) is 5.44. The third-order valence-electron chi connectivity index (χ3n) is 5.44. The Bertz CT molecular complexity index is 951. The molecule has 12 heteroatoms. The normalized spacial score (nSPS) is 15.7. The van der Waals surface area contributed by atoms with E-state index in [1.165, 1.54) is 20.6 Å². The second-order valence-corrected chi connectivity index (χ2v) is 9.26. The van der Waals surface area contributed by atoms with Crippen LogP contribution in [-0.4, -0.2) is 71.9 Å². The van der Waals surface area contributed by atoms with Crippen LogP contribution < -0.4 is 10.6 Å². The zero-order valence-corrected chi connectivity index (χ0v) is 20.8. The molecule has 2 atom stereocenters. The minimum atomic E-state index is -0.949. The summed E-state index contributed by atoms with van der Waals surface area (Å²) in [5.74, 6) is -0.690. The van der Waals surface area contributed by atoms with Gasteiger partial charge < -0.3 is 35.1 Å². The van der Waals surface area contributed by atoms with Crippen LogP contribution in [0.5, 0.6) is 0 Å². The maximum Gasteiger partial charge on any atom is 0.328 e. The molecule has 0 bridgehead atoms. The van der Waals surface area contributed by atoms with Crippen LogP contribution in [-0.2, 0) is 28.7 Å². The molecule has 0 saturated heterocycles. The van der Waals surface area contributed by atoms with Gasteiger partial charge in [-0.05, 0) is 25.3 Å². The van der Waals surface area contributed by atoms with Gasteiger partial charge >= 0.3 is 11.9 Å². The molecule has 4 N–H and O–H groups in total. The first kappa shape index (κ1) is 27.8. The van der Waals surface area contributed by atoms with Crippen LogP contribution in [0.4, 0.5) is 11.6 Å². The topological polar surface area (TPSA) is 162 Å². The number of amides is 2. The minimum Gasteiger partial charge on any atom is -0.469 e. The van der Waals surface area contributed by atoms with Crippen LogP contribution in [0, 0.1) is 5.41 Å². The lowest BCUT2D eigenvalue weighted by atomic mass is 9.96. The van der Waals surface area contributed by atoms with Gasteiger partial charge in [-0.3, -0.25) is 14.4 Å². The molecule has 12 nitrogen and oxygen atoms in total. The number of methoxy groups -OCH3 is 2. The number of aromatic nitrogens is 1. The van der Waals surface area contributed by atoms with Crippen molar-refractivity contribution in [3.63, 3.8) is 0 Å². The number of aromatic amines is 1. The first-order chi connectivity index (χ1) is 16.5. The van der Waals surface area contributed by atoms with Gasteiger partial charge in [0.05, 0.1) is 20.6 Å². The molecule has 0 aliphatic carbocycles. The standard InChI is InChI=1S/C23H35N5O7/c1-23(2,3)22(33)27-16-12-14-19(26-16)24-13-28(20(14)31)11-7-6-8-17(29)25-15(21(32)35-5)9-10-18(30)34-4/h12-13,15,20,26,31H,6-11H2,1-5H3,(H,25,29)(H,27,33)/t15-,20?/m1/s1. The maximum atomic E-state index is 12.3. The van der Waals surface area contributed by atoms with Gasteiger partial charge in [0.25, 0.3) is 0 Å². The molecule has 0 fully saturated rings. The van der Waals surface area contributed by atoms with Crippen molar-refractivity contribution >= 4 is 41.7 Å². The maximum absolute atomic E-state index is 12.3. The molecule has 194 valence electrons. The minimum absolute atomic E-state index is 0.0223. The summed E-state index contributed by atoms with van der Waals surface area (Å²) in [6, 6.07) is 0.727. The van der Waals surface area contributed by atoms with Gasteiger partial charge in [-0.2, -0.15) is 0 Å². The molecular formula is C23H35N5O7. The van der Waals surface area contributed by atoms with E-state index in [9.17, 15) is 24.3 Å². The zero-order valence-electron chi connectivity index (χ0n) is 20.8. The summed E-state index contributed by atoms with van der Waals surface area (Å²) in [6.07, 6.45) is 1.86. The van der Waals surface area contributed by atoms with E-state index in [-0.39, 0.29) is 31.1 Å². The monoisotopic (exact) mass is 493 g/mol. The molecule has 0 aromatic carbocycles. The highest BCUT2D eigenvalue weighted by atomic mass is 16.5. The zero-order chi connectivity index (χ0) is 26.2. The van der Waals surface area contributed by atoms with Gasteiger partial charge in [0.2, 0.25) is 11.8 Å². The number of rotatable bonds is 11. The number of carbonyl (C=O) groups excluding carboxylic acids is 4. The summed E-state index contributed by atoms with van der Waals surface area (Å²) in [5.41, 5.74) is -0.0229. The Morgan fingerprint density at radius 2 is 1.89 bits per heavy atom. The number of aliphatic imine (C=N–C) groups is 1. The van der Waals surface area contributed by atoms with Gasteiger partial charge in [0, 0.05) is 30.4 Å². The number of hydrogen-bond donors (Lipinski definition) is 4. The Balaban J connectivity index is 1.81. The number of esters is 2. The lowest BCUT2D eigenvalue weighted by molar-refractivity contribution is -0.146. The van der Waals surface area contributed by atoms with Crippen molar-refractivity contribution in [2.45, 2.75) is 65.1 Å². The number of nitrogens with zero attached hydrogens (tertiary/aromatic N) is 2. The summed E-state index contributed by atoms with van der Waals surface area (Å²) < 4.78 is 9.24. The number of carbonyl (C=O) groups is 4. The van der Waals surface area contributed by atoms with Crippen LogP contribution in [0.1, 0.15) is 64.7 Å². The van der Waals surface area contributed by atoms with Crippen molar-refractivity contribution in [1.29, 1.82) is 0 Å². The number of fused-ring (bicyclic) bond motifs is 1. The molecule has 2 amide bonds. The van der Waals surface area contributed by atoms with Gasteiger partial charge in [-0.15, -0.1) is 0 Å². The van der Waals surface area contributed by atoms with E-state index < -0.39 is 29.6 Å². The number of nitrogens with one attached hydrogen (secondary N) is 3. The van der Waals surface area contributed by atoms with E-state index in [4.69, 9.17) is 0 Å². The van der Waals surface area contributed by atoms with Gasteiger partial charge in [0.1, 0.15) is 17.7 Å². The fourth-order valence-corrected chi connectivity index (χ4v) is 3.30. The van der Waals surface area contributed by atoms with Crippen molar-refractivity contribution in [2.75, 3.05) is 26.1 Å². The largest absolute Gasteiger partial charge is 0.469 e. The van der Waals surface area contributed by atoms with Crippen molar-refractivity contribution in [2.24, 2.45) is 10.4 Å². The smallest absolute Gasteiger partial charge is 0.328 e. The lowest BCUT2D eigenvalue weighted by Gasteiger charge is -2.28. The summed E-state index contributed by atoms with van der Waals surface area (Å²) in [5, 5.41) is 16.1. The Morgan fingerprint density at radius 1 is 1.17 bits per heavy atom. The Hall–Kier alpha value is -3.41. The average Bonchev–Trinajstić information content (AvgIpc) is 3.22. The van der Waals surface area contributed by atoms with Crippen LogP contribution in [0.15, 0.2) is 11.1 Å². The first-order valence-corrected chi connectivity index (χ1v) is 11.4. The molecule has 1 aliphatic rings. The van der Waals surface area contributed by atoms with Crippen molar-refractivity contribution in [1.82, 2.24) is 15.2 Å². The highest BCUT2D eigenvalue weighted by molar-refractivity contribution is 5.94. The average molecular weight is 494 g/mol. The SMILES string of the molecule is COC(=O)CC[C@@H](NC(=O)CCCCN1C=Nc2[nH]c(NC(=O)C(C)(C)C)cc2C1O)C(=O)OC. The lowest BCUT2D eigenvalue weighted by Crippen LogP contribution is -2.41.